The first-order valence-corrected chi connectivity index (χ1v) is 18.0. The molecule has 0 aliphatic carbocycles. The van der Waals surface area contributed by atoms with Crippen molar-refractivity contribution in [3.8, 4) is 0 Å². The molecule has 0 unspecified atom stereocenters. The van der Waals surface area contributed by atoms with Gasteiger partial charge in [0.2, 0.25) is 11.8 Å². The van der Waals surface area contributed by atoms with E-state index in [2.05, 4.69) is 26.9 Å². The van der Waals surface area contributed by atoms with Crippen molar-refractivity contribution in [1.82, 2.24) is 41.9 Å². The molecule has 7 N–H and O–H groups in total. The van der Waals surface area contributed by atoms with E-state index in [1.165, 1.54) is 14.0 Å². The van der Waals surface area contributed by atoms with Gasteiger partial charge in [0.1, 0.15) is 31.0 Å². The van der Waals surface area contributed by atoms with Crippen LogP contribution in [-0.4, -0.2) is 155 Å². The van der Waals surface area contributed by atoms with Crippen molar-refractivity contribution in [3.63, 3.8) is 0 Å². The summed E-state index contributed by atoms with van der Waals surface area (Å²) in [6.45, 7) is 3.50. The second kappa shape index (κ2) is 19.1. The molecule has 4 rings (SSSR count). The zero-order valence-electron chi connectivity index (χ0n) is 30.3. The summed E-state index contributed by atoms with van der Waals surface area (Å²) in [6.07, 6.45) is 4.44. The number of halogens is 1. The molecule has 0 radical (unpaired) electrons. The van der Waals surface area contributed by atoms with Crippen molar-refractivity contribution in [2.24, 2.45) is 5.92 Å². The van der Waals surface area contributed by atoms with E-state index in [0.29, 0.717) is 0 Å². The third kappa shape index (κ3) is 10.9. The van der Waals surface area contributed by atoms with Crippen LogP contribution in [0.1, 0.15) is 46.5 Å². The first-order valence-electron chi connectivity index (χ1n) is 17.5. The van der Waals surface area contributed by atoms with Gasteiger partial charge in [-0.1, -0.05) is 38.2 Å². The zero-order chi connectivity index (χ0) is 38.9. The van der Waals surface area contributed by atoms with Gasteiger partial charge in [0.05, 0.1) is 24.2 Å². The number of aliphatic hydroxyl groups is 2. The largest absolute Gasteiger partial charge is 0.454 e. The van der Waals surface area contributed by atoms with Gasteiger partial charge in [-0.2, -0.15) is 0 Å². The number of amides is 5. The van der Waals surface area contributed by atoms with Gasteiger partial charge in [-0.05, 0) is 25.7 Å². The minimum atomic E-state index is -1.94. The van der Waals surface area contributed by atoms with Crippen LogP contribution < -0.4 is 26.9 Å². The lowest BCUT2D eigenvalue weighted by Crippen LogP contribution is -2.71. The Labute approximate surface area is 312 Å². The van der Waals surface area contributed by atoms with Gasteiger partial charge in [0, 0.05) is 39.6 Å². The van der Waals surface area contributed by atoms with Crippen LogP contribution in [0.2, 0.25) is 0 Å². The fraction of sp³-hybridized carbons (Fsp3) is 0.697. The molecular weight excluding hydrogens is 720 g/mol. The molecular formula is C33H51ClN8O11. The van der Waals surface area contributed by atoms with Gasteiger partial charge in [0.15, 0.2) is 12.1 Å². The Bertz CT molecular complexity index is 1420. The molecule has 53 heavy (non-hydrogen) atoms. The number of allylic oxidation sites excluding steroid dienone is 3. The van der Waals surface area contributed by atoms with Gasteiger partial charge in [-0.15, -0.1) is 11.6 Å². The quantitative estimate of drug-likeness (QED) is 0.0438. The highest BCUT2D eigenvalue weighted by Crippen LogP contribution is 2.24. The molecule has 4 aliphatic heterocycles. The molecule has 0 spiro atoms. The van der Waals surface area contributed by atoms with Crippen LogP contribution in [-0.2, 0) is 43.0 Å². The van der Waals surface area contributed by atoms with Crippen LogP contribution in [0.25, 0.3) is 0 Å². The van der Waals surface area contributed by atoms with Gasteiger partial charge in [-0.25, -0.2) is 21.1 Å². The normalized spacial score (nSPS) is 32.9. The molecule has 4 saturated heterocycles. The molecule has 20 heteroatoms. The number of ether oxygens (including phenoxy) is 3. The SMILES string of the molecule is COCOC[C@]1(C)NC(=O)[C@@H]2C[C@H](O)CNN2C(=O)[C@H]2C[C@H](Cl)CNN2C(=O)[C@H](C/C=C/C=C/C(C)C)NC(=O)[C@H]2C[C@@H](O)CNN2C(=O)COC1=O. The molecule has 0 aromatic carbocycles. The van der Waals surface area contributed by atoms with E-state index in [4.69, 9.17) is 25.8 Å². The number of hydrazine groups is 3. The highest BCUT2D eigenvalue weighted by Gasteiger charge is 2.48. The smallest absolute Gasteiger partial charge is 0.334 e. The number of alkyl halides is 1. The third-order valence-electron chi connectivity index (χ3n) is 9.01. The Morgan fingerprint density at radius 3 is 2.17 bits per heavy atom. The molecule has 0 aromatic heterocycles. The molecule has 19 nitrogen and oxygen atoms in total. The van der Waals surface area contributed by atoms with Crippen molar-refractivity contribution in [2.75, 3.05) is 46.8 Å². The molecule has 4 aliphatic rings. The number of rotatable bonds is 8. The van der Waals surface area contributed by atoms with Crippen LogP contribution in [0, 0.1) is 5.92 Å². The lowest BCUT2D eigenvalue weighted by atomic mass is 9.98. The lowest BCUT2D eigenvalue weighted by molar-refractivity contribution is -0.169. The second-order valence-electron chi connectivity index (χ2n) is 13.9. The van der Waals surface area contributed by atoms with E-state index in [-0.39, 0.29) is 58.0 Å². The Morgan fingerprint density at radius 2 is 1.51 bits per heavy atom. The number of β-amino-alcohol motifs (C(OH)–C–C–N with tert-alkyl or cyclic N) is 2. The number of aliphatic hydroxyl groups excluding tert-OH is 2. The van der Waals surface area contributed by atoms with Crippen molar-refractivity contribution < 1.29 is 53.2 Å². The number of hydrogen-bond acceptors (Lipinski definition) is 14. The van der Waals surface area contributed by atoms with Crippen LogP contribution >= 0.6 is 11.6 Å². The highest BCUT2D eigenvalue weighted by molar-refractivity contribution is 6.21. The molecule has 8 atom stereocenters. The minimum Gasteiger partial charge on any atom is -0.454 e. The first-order chi connectivity index (χ1) is 25.1. The van der Waals surface area contributed by atoms with Crippen LogP contribution in [0.4, 0.5) is 0 Å². The van der Waals surface area contributed by atoms with Gasteiger partial charge >= 0.3 is 5.97 Å². The Kier molecular flexibility index (Phi) is 15.1. The third-order valence-corrected chi connectivity index (χ3v) is 9.35. The molecule has 0 aromatic rings. The average molecular weight is 771 g/mol. The highest BCUT2D eigenvalue weighted by atomic mass is 35.5. The Balaban J connectivity index is 1.77. The van der Waals surface area contributed by atoms with Crippen LogP contribution in [0.15, 0.2) is 24.3 Å². The maximum atomic E-state index is 14.4. The summed E-state index contributed by atoms with van der Waals surface area (Å²) in [7, 11) is 1.35. The standard InChI is InChI=1S/C33H51ClN8O11/c1-19(2)8-6-5-7-9-23-30(48)42-26(10-20(34)13-35-42)31(49)41-25(12-22(44)15-37-41)29(47)39-33(3,17-52-18-51-4)32(50)53-16-27(45)40-24(28(46)38-23)11-21(43)14-36-40/h5-8,19-26,35-37,43-44H,9-18H2,1-4H3,(H,38,46)(H,39,47)/b7-5+,8-6+/t20-,21+,22-,23-,24+,25-,26+,33-/m0/s1. The summed E-state index contributed by atoms with van der Waals surface area (Å²) in [5.74, 6) is -4.83. The summed E-state index contributed by atoms with van der Waals surface area (Å²) >= 11 is 6.50. The Hall–Kier alpha value is -3.69. The summed E-state index contributed by atoms with van der Waals surface area (Å²) in [5, 5.41) is 28.6. The summed E-state index contributed by atoms with van der Waals surface area (Å²) in [5.41, 5.74) is 6.41. The van der Waals surface area contributed by atoms with E-state index in [0.717, 1.165) is 15.0 Å². The predicted molar refractivity (Wildman–Crippen MR) is 186 cm³/mol. The fourth-order valence-electron chi connectivity index (χ4n) is 6.23. The van der Waals surface area contributed by atoms with Gasteiger partial charge < -0.3 is 35.1 Å². The van der Waals surface area contributed by atoms with Gasteiger partial charge in [0.25, 0.3) is 17.7 Å². The van der Waals surface area contributed by atoms with E-state index < -0.39 is 96.0 Å². The van der Waals surface area contributed by atoms with Crippen LogP contribution in [0.5, 0.6) is 0 Å². The number of carbonyl (C=O) groups is 6. The van der Waals surface area contributed by atoms with Crippen molar-refractivity contribution in [2.45, 2.75) is 93.7 Å². The Morgan fingerprint density at radius 1 is 0.887 bits per heavy atom. The van der Waals surface area contributed by atoms with Crippen molar-refractivity contribution in [3.05, 3.63) is 24.3 Å². The number of esters is 1. The molecule has 0 bridgehead atoms. The van der Waals surface area contributed by atoms with Crippen molar-refractivity contribution >= 4 is 47.1 Å². The molecule has 5 amide bonds. The van der Waals surface area contributed by atoms with Crippen LogP contribution in [0.3, 0.4) is 0 Å². The van der Waals surface area contributed by atoms with E-state index in [9.17, 15) is 39.0 Å². The van der Waals surface area contributed by atoms with Gasteiger partial charge in [-0.3, -0.25) is 39.0 Å². The molecule has 0 saturated carbocycles. The maximum Gasteiger partial charge on any atom is 0.334 e. The summed E-state index contributed by atoms with van der Waals surface area (Å²) in [6, 6.07) is -5.32. The van der Waals surface area contributed by atoms with E-state index in [1.54, 1.807) is 18.2 Å². The second-order valence-corrected chi connectivity index (χ2v) is 14.6. The molecule has 296 valence electrons. The van der Waals surface area contributed by atoms with Crippen molar-refractivity contribution in [1.29, 1.82) is 0 Å². The predicted octanol–water partition coefficient (Wildman–Crippen LogP) is -2.67. The number of nitrogens with one attached hydrogen (secondary N) is 5. The first kappa shape index (κ1) is 42.1. The number of hydrogen-bond donors (Lipinski definition) is 7. The lowest BCUT2D eigenvalue weighted by Gasteiger charge is -2.44. The topological polar surface area (TPSA) is 240 Å². The summed E-state index contributed by atoms with van der Waals surface area (Å²) < 4.78 is 15.7. The maximum absolute atomic E-state index is 14.4. The average Bonchev–Trinajstić information content (AvgIpc) is 3.11. The van der Waals surface area contributed by atoms with E-state index in [1.807, 2.05) is 19.9 Å². The van der Waals surface area contributed by atoms with E-state index >= 15 is 0 Å². The number of cyclic esters (lactones) is 1. The number of methoxy groups -OCH3 is 1. The number of fused-ring (bicyclic) bond motifs is 3. The molecule has 4 fully saturated rings. The monoisotopic (exact) mass is 770 g/mol. The zero-order valence-corrected chi connectivity index (χ0v) is 31.0. The number of nitrogens with zero attached hydrogens (tertiary/aromatic N) is 3. The minimum absolute atomic E-state index is 0.0342. The fourth-order valence-corrected chi connectivity index (χ4v) is 6.47. The number of carbonyl (C=O) groups excluding carboxylic acids is 6. The molecule has 4 heterocycles. The summed E-state index contributed by atoms with van der Waals surface area (Å²) in [4.78, 5) is 83.7.